The molecule has 1 aromatic rings. The first-order valence-electron chi connectivity index (χ1n) is 7.39. The third kappa shape index (κ3) is 3.73. The van der Waals surface area contributed by atoms with Crippen molar-refractivity contribution in [1.82, 2.24) is 5.32 Å². The highest BCUT2D eigenvalue weighted by Gasteiger charge is 2.18. The van der Waals surface area contributed by atoms with Crippen molar-refractivity contribution in [3.8, 4) is 11.5 Å². The lowest BCUT2D eigenvalue weighted by atomic mass is 10.0. The summed E-state index contributed by atoms with van der Waals surface area (Å²) in [6.07, 6.45) is 3.49. The van der Waals surface area contributed by atoms with E-state index >= 15 is 0 Å². The van der Waals surface area contributed by atoms with Crippen LogP contribution in [0.5, 0.6) is 11.5 Å². The second-order valence-corrected chi connectivity index (χ2v) is 5.11. The Hall–Kier alpha value is -1.55. The number of rotatable bonds is 7. The van der Waals surface area contributed by atoms with Crippen LogP contribution in [0.3, 0.4) is 0 Å². The second kappa shape index (κ2) is 7.29. The largest absolute Gasteiger partial charge is 0.486 e. The number of hydrogen-bond acceptors (Lipinski definition) is 4. The van der Waals surface area contributed by atoms with E-state index in [2.05, 4.69) is 12.2 Å². The Kier molecular flexibility index (Phi) is 5.41. The molecule has 0 bridgehead atoms. The maximum Gasteiger partial charge on any atom is 0.179 e. The van der Waals surface area contributed by atoms with E-state index in [-0.39, 0.29) is 11.8 Å². The van der Waals surface area contributed by atoms with E-state index in [1.165, 1.54) is 12.8 Å². The van der Waals surface area contributed by atoms with Gasteiger partial charge < -0.3 is 14.8 Å². The van der Waals surface area contributed by atoms with Crippen molar-refractivity contribution >= 4 is 5.78 Å². The molecular formula is C16H23NO3. The number of carbonyl (C=O) groups is 1. The van der Waals surface area contributed by atoms with Crippen LogP contribution in [-0.2, 0) is 0 Å². The van der Waals surface area contributed by atoms with Crippen molar-refractivity contribution in [2.45, 2.75) is 39.2 Å². The molecule has 4 heteroatoms. The predicted octanol–water partition coefficient (Wildman–Crippen LogP) is 2.81. The lowest BCUT2D eigenvalue weighted by molar-refractivity contribution is 0.0949. The molecule has 1 unspecified atom stereocenters. The van der Waals surface area contributed by atoms with Gasteiger partial charge in [0.25, 0.3) is 0 Å². The van der Waals surface area contributed by atoms with Gasteiger partial charge in [-0.1, -0.05) is 19.8 Å². The highest BCUT2D eigenvalue weighted by Crippen LogP contribution is 2.31. The highest BCUT2D eigenvalue weighted by atomic mass is 16.6. The predicted molar refractivity (Wildman–Crippen MR) is 78.8 cm³/mol. The first kappa shape index (κ1) is 14.9. The molecule has 2 rings (SSSR count). The van der Waals surface area contributed by atoms with Gasteiger partial charge in [-0.2, -0.15) is 0 Å². The number of ether oxygens (including phenoxy) is 2. The molecule has 110 valence electrons. The summed E-state index contributed by atoms with van der Waals surface area (Å²) in [5.41, 5.74) is 0.671. The fraction of sp³-hybridized carbons (Fsp3) is 0.562. The minimum atomic E-state index is -0.172. The van der Waals surface area contributed by atoms with Crippen LogP contribution in [0.2, 0.25) is 0 Å². The van der Waals surface area contributed by atoms with E-state index in [9.17, 15) is 4.79 Å². The van der Waals surface area contributed by atoms with Crippen LogP contribution in [0.15, 0.2) is 18.2 Å². The topological polar surface area (TPSA) is 47.6 Å². The molecule has 0 amide bonds. The molecule has 1 atom stereocenters. The Labute approximate surface area is 120 Å². The standard InChI is InChI=1S/C16H23NO3/c1-3-4-5-8-17-12(2)16(18)13-6-7-14-15(11-13)20-10-9-19-14/h6-7,11-12,17H,3-5,8-10H2,1-2H3. The summed E-state index contributed by atoms with van der Waals surface area (Å²) in [5.74, 6) is 1.48. The van der Waals surface area contributed by atoms with Crippen molar-refractivity contribution in [3.05, 3.63) is 23.8 Å². The van der Waals surface area contributed by atoms with Crippen LogP contribution >= 0.6 is 0 Å². The Balaban J connectivity index is 1.94. The van der Waals surface area contributed by atoms with Crippen LogP contribution in [0.4, 0.5) is 0 Å². The molecule has 0 saturated carbocycles. The fourth-order valence-corrected chi connectivity index (χ4v) is 2.23. The van der Waals surface area contributed by atoms with Crippen molar-refractivity contribution in [1.29, 1.82) is 0 Å². The summed E-state index contributed by atoms with van der Waals surface area (Å²) in [7, 11) is 0. The van der Waals surface area contributed by atoms with Gasteiger partial charge in [0.2, 0.25) is 0 Å². The van der Waals surface area contributed by atoms with Crippen LogP contribution in [0.25, 0.3) is 0 Å². The zero-order chi connectivity index (χ0) is 14.4. The van der Waals surface area contributed by atoms with E-state index in [4.69, 9.17) is 9.47 Å². The van der Waals surface area contributed by atoms with Gasteiger partial charge in [0.1, 0.15) is 13.2 Å². The van der Waals surface area contributed by atoms with Crippen LogP contribution < -0.4 is 14.8 Å². The summed E-state index contributed by atoms with van der Waals surface area (Å²) in [6, 6.07) is 5.22. The Morgan fingerprint density at radius 2 is 2.00 bits per heavy atom. The number of carbonyl (C=O) groups excluding carboxylic acids is 1. The van der Waals surface area contributed by atoms with E-state index in [1.807, 2.05) is 13.0 Å². The van der Waals surface area contributed by atoms with Gasteiger partial charge in [0.05, 0.1) is 6.04 Å². The molecule has 0 aliphatic carbocycles. The summed E-state index contributed by atoms with van der Waals surface area (Å²) < 4.78 is 11.0. The minimum Gasteiger partial charge on any atom is -0.486 e. The molecule has 1 N–H and O–H groups in total. The maximum absolute atomic E-state index is 12.3. The number of Topliss-reactive ketones (excluding diaryl/α,β-unsaturated/α-hetero) is 1. The van der Waals surface area contributed by atoms with Crippen molar-refractivity contribution in [3.63, 3.8) is 0 Å². The number of hydrogen-bond donors (Lipinski definition) is 1. The Morgan fingerprint density at radius 3 is 2.75 bits per heavy atom. The Bertz CT molecular complexity index is 459. The molecule has 0 radical (unpaired) electrons. The van der Waals surface area contributed by atoms with Crippen LogP contribution in [-0.4, -0.2) is 31.6 Å². The van der Waals surface area contributed by atoms with Gasteiger partial charge in [0.15, 0.2) is 17.3 Å². The number of fused-ring (bicyclic) bond motifs is 1. The van der Waals surface area contributed by atoms with Crippen LogP contribution in [0, 0.1) is 0 Å². The summed E-state index contributed by atoms with van der Waals surface area (Å²) >= 11 is 0. The van der Waals surface area contributed by atoms with Crippen LogP contribution in [0.1, 0.15) is 43.5 Å². The average Bonchev–Trinajstić information content (AvgIpc) is 2.50. The van der Waals surface area contributed by atoms with E-state index < -0.39 is 0 Å². The van der Waals surface area contributed by atoms with Gasteiger partial charge in [-0.25, -0.2) is 0 Å². The molecule has 20 heavy (non-hydrogen) atoms. The molecular weight excluding hydrogens is 254 g/mol. The fourth-order valence-electron chi connectivity index (χ4n) is 2.23. The van der Waals surface area contributed by atoms with Gasteiger partial charge in [-0.3, -0.25) is 4.79 Å². The monoisotopic (exact) mass is 277 g/mol. The number of benzene rings is 1. The van der Waals surface area contributed by atoms with E-state index in [1.54, 1.807) is 12.1 Å². The lowest BCUT2D eigenvalue weighted by Gasteiger charge is -2.19. The Morgan fingerprint density at radius 1 is 1.25 bits per heavy atom. The highest BCUT2D eigenvalue weighted by molar-refractivity contribution is 6.00. The molecule has 1 aliphatic rings. The third-order valence-electron chi connectivity index (χ3n) is 3.45. The molecule has 0 saturated heterocycles. The molecule has 1 aliphatic heterocycles. The molecule has 4 nitrogen and oxygen atoms in total. The molecule has 1 heterocycles. The lowest BCUT2D eigenvalue weighted by Crippen LogP contribution is -2.34. The molecule has 0 fully saturated rings. The van der Waals surface area contributed by atoms with Gasteiger partial charge in [0, 0.05) is 5.56 Å². The summed E-state index contributed by atoms with van der Waals surface area (Å²) in [6.45, 7) is 6.06. The normalized spacial score (nSPS) is 14.9. The van der Waals surface area contributed by atoms with E-state index in [0.717, 1.165) is 18.7 Å². The average molecular weight is 277 g/mol. The molecule has 0 aromatic heterocycles. The molecule has 1 aromatic carbocycles. The number of unbranched alkanes of at least 4 members (excludes halogenated alkanes) is 2. The van der Waals surface area contributed by atoms with Crippen molar-refractivity contribution in [2.75, 3.05) is 19.8 Å². The smallest absolute Gasteiger partial charge is 0.179 e. The van der Waals surface area contributed by atoms with E-state index in [0.29, 0.717) is 24.5 Å². The molecule has 0 spiro atoms. The van der Waals surface area contributed by atoms with Crippen molar-refractivity contribution in [2.24, 2.45) is 0 Å². The second-order valence-electron chi connectivity index (χ2n) is 5.11. The first-order chi connectivity index (χ1) is 9.72. The zero-order valence-electron chi connectivity index (χ0n) is 12.3. The summed E-state index contributed by atoms with van der Waals surface area (Å²) in [4.78, 5) is 12.3. The van der Waals surface area contributed by atoms with Gasteiger partial charge in [-0.15, -0.1) is 0 Å². The SMILES string of the molecule is CCCCCNC(C)C(=O)c1ccc2c(c1)OCCO2. The quantitative estimate of drug-likeness (QED) is 0.615. The van der Waals surface area contributed by atoms with Crippen molar-refractivity contribution < 1.29 is 14.3 Å². The van der Waals surface area contributed by atoms with Gasteiger partial charge >= 0.3 is 0 Å². The zero-order valence-corrected chi connectivity index (χ0v) is 12.3. The van der Waals surface area contributed by atoms with Gasteiger partial charge in [-0.05, 0) is 38.1 Å². The third-order valence-corrected chi connectivity index (χ3v) is 3.45. The maximum atomic E-state index is 12.3. The minimum absolute atomic E-state index is 0.0958. The first-order valence-corrected chi connectivity index (χ1v) is 7.39. The number of nitrogens with one attached hydrogen (secondary N) is 1. The number of ketones is 1. The summed E-state index contributed by atoms with van der Waals surface area (Å²) in [5, 5.41) is 3.27.